The minimum atomic E-state index is -0.917. The van der Waals surface area contributed by atoms with Crippen LogP contribution in [0.25, 0.3) is 6.08 Å². The van der Waals surface area contributed by atoms with Crippen LogP contribution in [-0.2, 0) is 12.8 Å². The Hall–Kier alpha value is -3.33. The number of hydrogen-bond acceptors (Lipinski definition) is 2. The first-order valence-corrected chi connectivity index (χ1v) is 9.08. The maximum absolute atomic E-state index is 11.5. The predicted molar refractivity (Wildman–Crippen MR) is 111 cm³/mol. The molecule has 27 heavy (non-hydrogen) atoms. The number of carboxylic acids is 1. The topological polar surface area (TPSA) is 49.3 Å². The number of rotatable bonds is 8. The summed E-state index contributed by atoms with van der Waals surface area (Å²) >= 11 is 0. The van der Waals surface area contributed by atoms with Crippen molar-refractivity contribution in [2.24, 2.45) is 0 Å². The Morgan fingerprint density at radius 2 is 1.52 bits per heavy atom. The molecule has 3 aromatic rings. The highest BCUT2D eigenvalue weighted by Crippen LogP contribution is 2.19. The van der Waals surface area contributed by atoms with Crippen LogP contribution in [0.15, 0.2) is 84.9 Å². The summed E-state index contributed by atoms with van der Waals surface area (Å²) in [5.41, 5.74) is 4.48. The summed E-state index contributed by atoms with van der Waals surface area (Å²) in [5.74, 6) is -0.917. The lowest BCUT2D eigenvalue weighted by molar-refractivity contribution is 0.0698. The van der Waals surface area contributed by atoms with Crippen LogP contribution in [0.2, 0.25) is 0 Å². The molecule has 0 aliphatic carbocycles. The molecule has 0 aliphatic heterocycles. The van der Waals surface area contributed by atoms with Crippen LogP contribution in [0, 0.1) is 0 Å². The van der Waals surface area contributed by atoms with E-state index in [9.17, 15) is 9.90 Å². The standard InChI is InChI=1S/C24H23NO2/c26-24(27)22-16-15-21(14-13-20-10-5-2-6-11-20)18-23(22)25-17-7-12-19-8-3-1-4-9-19/h1-12,15-16,18,25H,13-14,17H2,(H,26,27)/b12-7+. The van der Waals surface area contributed by atoms with Crippen molar-refractivity contribution in [3.63, 3.8) is 0 Å². The molecular weight excluding hydrogens is 334 g/mol. The van der Waals surface area contributed by atoms with Gasteiger partial charge in [0.15, 0.2) is 0 Å². The Morgan fingerprint density at radius 3 is 2.22 bits per heavy atom. The van der Waals surface area contributed by atoms with E-state index < -0.39 is 5.97 Å². The molecule has 3 rings (SSSR count). The molecule has 0 saturated heterocycles. The summed E-state index contributed by atoms with van der Waals surface area (Å²) in [6.07, 6.45) is 5.82. The molecule has 0 fully saturated rings. The summed E-state index contributed by atoms with van der Waals surface area (Å²) in [6.45, 7) is 0.567. The van der Waals surface area contributed by atoms with Crippen LogP contribution in [0.1, 0.15) is 27.0 Å². The largest absolute Gasteiger partial charge is 0.478 e. The highest BCUT2D eigenvalue weighted by atomic mass is 16.4. The van der Waals surface area contributed by atoms with Gasteiger partial charge < -0.3 is 10.4 Å². The van der Waals surface area contributed by atoms with E-state index in [-0.39, 0.29) is 0 Å². The van der Waals surface area contributed by atoms with Crippen molar-refractivity contribution in [3.05, 3.63) is 107 Å². The van der Waals surface area contributed by atoms with E-state index in [1.54, 1.807) is 6.07 Å². The van der Waals surface area contributed by atoms with Gasteiger partial charge in [0.1, 0.15) is 0 Å². The molecule has 3 heteroatoms. The highest BCUT2D eigenvalue weighted by Gasteiger charge is 2.10. The first-order valence-electron chi connectivity index (χ1n) is 9.08. The van der Waals surface area contributed by atoms with E-state index in [4.69, 9.17) is 0 Å². The minimum absolute atomic E-state index is 0.298. The quantitative estimate of drug-likeness (QED) is 0.575. The van der Waals surface area contributed by atoms with Crippen molar-refractivity contribution < 1.29 is 9.90 Å². The molecule has 0 spiro atoms. The van der Waals surface area contributed by atoms with Crippen molar-refractivity contribution in [3.8, 4) is 0 Å². The van der Waals surface area contributed by atoms with Gasteiger partial charge in [-0.3, -0.25) is 0 Å². The van der Waals surface area contributed by atoms with Crippen molar-refractivity contribution >= 4 is 17.7 Å². The molecule has 0 amide bonds. The molecule has 0 saturated carbocycles. The first-order chi connectivity index (χ1) is 13.2. The number of aryl methyl sites for hydroxylation is 2. The van der Waals surface area contributed by atoms with Crippen LogP contribution in [0.5, 0.6) is 0 Å². The summed E-state index contributed by atoms with van der Waals surface area (Å²) in [7, 11) is 0. The summed E-state index contributed by atoms with van der Waals surface area (Å²) < 4.78 is 0. The third-order valence-electron chi connectivity index (χ3n) is 4.38. The molecule has 0 aliphatic rings. The SMILES string of the molecule is O=C(O)c1ccc(CCc2ccccc2)cc1NC/C=C/c1ccccc1. The second-order valence-corrected chi connectivity index (χ2v) is 6.36. The Labute approximate surface area is 160 Å². The van der Waals surface area contributed by atoms with Gasteiger partial charge in [0.2, 0.25) is 0 Å². The fourth-order valence-corrected chi connectivity index (χ4v) is 2.94. The van der Waals surface area contributed by atoms with E-state index in [1.807, 2.05) is 72.8 Å². The van der Waals surface area contributed by atoms with Crippen molar-refractivity contribution in [2.45, 2.75) is 12.8 Å². The van der Waals surface area contributed by atoms with E-state index in [2.05, 4.69) is 17.4 Å². The molecule has 136 valence electrons. The van der Waals surface area contributed by atoms with Gasteiger partial charge in [-0.1, -0.05) is 78.9 Å². The molecule has 2 N–H and O–H groups in total. The zero-order valence-corrected chi connectivity index (χ0v) is 15.1. The Kier molecular flexibility index (Phi) is 6.42. The van der Waals surface area contributed by atoms with Gasteiger partial charge in [0.05, 0.1) is 5.56 Å². The molecule has 0 aromatic heterocycles. The average Bonchev–Trinajstić information content (AvgIpc) is 2.71. The second kappa shape index (κ2) is 9.39. The molecule has 0 radical (unpaired) electrons. The molecule has 3 aromatic carbocycles. The van der Waals surface area contributed by atoms with Crippen LogP contribution >= 0.6 is 0 Å². The number of anilines is 1. The Morgan fingerprint density at radius 1 is 0.852 bits per heavy atom. The van der Waals surface area contributed by atoms with Gasteiger partial charge in [-0.25, -0.2) is 4.79 Å². The van der Waals surface area contributed by atoms with Crippen molar-refractivity contribution in [2.75, 3.05) is 11.9 Å². The number of carbonyl (C=O) groups is 1. The highest BCUT2D eigenvalue weighted by molar-refractivity contribution is 5.94. The predicted octanol–water partition coefficient (Wildman–Crippen LogP) is 5.30. The number of aromatic carboxylic acids is 1. The van der Waals surface area contributed by atoms with Crippen LogP contribution in [0.4, 0.5) is 5.69 Å². The third kappa shape index (κ3) is 5.58. The van der Waals surface area contributed by atoms with Gasteiger partial charge in [-0.15, -0.1) is 0 Å². The summed E-state index contributed by atoms with van der Waals surface area (Å²) in [6, 6.07) is 25.9. The van der Waals surface area contributed by atoms with Gasteiger partial charge in [-0.2, -0.15) is 0 Å². The Balaban J connectivity index is 1.66. The molecule has 0 bridgehead atoms. The minimum Gasteiger partial charge on any atom is -0.478 e. The summed E-state index contributed by atoms with van der Waals surface area (Å²) in [5, 5.41) is 12.7. The fourth-order valence-electron chi connectivity index (χ4n) is 2.94. The fraction of sp³-hybridized carbons (Fsp3) is 0.125. The van der Waals surface area contributed by atoms with Crippen LogP contribution in [0.3, 0.4) is 0 Å². The molecule has 0 heterocycles. The number of benzene rings is 3. The van der Waals surface area contributed by atoms with Crippen molar-refractivity contribution in [1.29, 1.82) is 0 Å². The maximum Gasteiger partial charge on any atom is 0.337 e. The maximum atomic E-state index is 11.5. The molecular formula is C24H23NO2. The normalized spacial score (nSPS) is 10.8. The van der Waals surface area contributed by atoms with Crippen molar-refractivity contribution in [1.82, 2.24) is 0 Å². The van der Waals surface area contributed by atoms with Crippen LogP contribution in [-0.4, -0.2) is 17.6 Å². The smallest absolute Gasteiger partial charge is 0.337 e. The monoisotopic (exact) mass is 357 g/mol. The second-order valence-electron chi connectivity index (χ2n) is 6.36. The van der Waals surface area contributed by atoms with Gasteiger partial charge in [0, 0.05) is 12.2 Å². The van der Waals surface area contributed by atoms with Crippen LogP contribution < -0.4 is 5.32 Å². The molecule has 3 nitrogen and oxygen atoms in total. The van der Waals surface area contributed by atoms with E-state index in [0.717, 1.165) is 24.0 Å². The lowest BCUT2D eigenvalue weighted by Crippen LogP contribution is -2.07. The van der Waals surface area contributed by atoms with Gasteiger partial charge in [-0.05, 0) is 41.7 Å². The zero-order valence-electron chi connectivity index (χ0n) is 15.1. The molecule has 0 atom stereocenters. The average molecular weight is 357 g/mol. The molecule has 0 unspecified atom stereocenters. The Bertz CT molecular complexity index is 902. The summed E-state index contributed by atoms with van der Waals surface area (Å²) in [4.78, 5) is 11.5. The van der Waals surface area contributed by atoms with E-state index >= 15 is 0 Å². The lowest BCUT2D eigenvalue weighted by Gasteiger charge is -2.11. The lowest BCUT2D eigenvalue weighted by atomic mass is 10.0. The van der Waals surface area contributed by atoms with Gasteiger partial charge in [0.25, 0.3) is 0 Å². The number of carboxylic acid groups (broad SMARTS) is 1. The van der Waals surface area contributed by atoms with E-state index in [0.29, 0.717) is 17.8 Å². The van der Waals surface area contributed by atoms with E-state index in [1.165, 1.54) is 5.56 Å². The van der Waals surface area contributed by atoms with Gasteiger partial charge >= 0.3 is 5.97 Å². The zero-order chi connectivity index (χ0) is 18.9. The number of nitrogens with one attached hydrogen (secondary N) is 1. The third-order valence-corrected chi connectivity index (χ3v) is 4.38. The number of hydrogen-bond donors (Lipinski definition) is 2. The first kappa shape index (κ1) is 18.5.